The van der Waals surface area contributed by atoms with Crippen LogP contribution in [0.2, 0.25) is 5.02 Å². The Hall–Kier alpha value is -1.52. The van der Waals surface area contributed by atoms with Gasteiger partial charge in [-0.1, -0.05) is 37.6 Å². The maximum absolute atomic E-state index is 13.1. The zero-order valence-corrected chi connectivity index (χ0v) is 13.3. The predicted octanol–water partition coefficient (Wildman–Crippen LogP) is 5.23. The van der Waals surface area contributed by atoms with Gasteiger partial charge in [-0.15, -0.1) is 11.8 Å². The molecule has 1 amide bonds. The molecular formula is C16H15ClFNOS. The zero-order chi connectivity index (χ0) is 15.4. The number of hydrogen-bond acceptors (Lipinski definition) is 2. The second-order valence-electron chi connectivity index (χ2n) is 4.75. The van der Waals surface area contributed by atoms with Gasteiger partial charge < -0.3 is 5.32 Å². The number of benzene rings is 2. The van der Waals surface area contributed by atoms with Crippen LogP contribution in [0, 0.1) is 5.82 Å². The maximum atomic E-state index is 13.1. The van der Waals surface area contributed by atoms with Crippen LogP contribution in [0.1, 0.15) is 24.2 Å². The Bertz CT molecular complexity index is 660. The third-order valence-electron chi connectivity index (χ3n) is 2.67. The number of rotatable bonds is 4. The maximum Gasteiger partial charge on any atom is 0.256 e. The van der Waals surface area contributed by atoms with Crippen LogP contribution in [0.4, 0.5) is 10.1 Å². The lowest BCUT2D eigenvalue weighted by Crippen LogP contribution is -2.13. The molecule has 21 heavy (non-hydrogen) atoms. The molecule has 0 aliphatic carbocycles. The molecule has 0 spiro atoms. The molecule has 0 bridgehead atoms. The number of carbonyl (C=O) groups excluding carboxylic acids is 1. The highest BCUT2D eigenvalue weighted by atomic mass is 35.5. The van der Waals surface area contributed by atoms with E-state index in [1.54, 1.807) is 17.8 Å². The minimum atomic E-state index is -0.509. The molecule has 2 aromatic rings. The summed E-state index contributed by atoms with van der Waals surface area (Å²) in [6, 6.07) is 11.5. The van der Waals surface area contributed by atoms with Crippen molar-refractivity contribution >= 4 is 35.0 Å². The summed E-state index contributed by atoms with van der Waals surface area (Å²) >= 11 is 7.34. The summed E-state index contributed by atoms with van der Waals surface area (Å²) in [7, 11) is 0. The summed E-state index contributed by atoms with van der Waals surface area (Å²) in [5.74, 6) is -0.744. The van der Waals surface area contributed by atoms with Crippen molar-refractivity contribution in [3.8, 4) is 0 Å². The first kappa shape index (κ1) is 15.9. The Kier molecular flexibility index (Phi) is 5.26. The molecule has 0 fully saturated rings. The highest BCUT2D eigenvalue weighted by Crippen LogP contribution is 2.27. The zero-order valence-electron chi connectivity index (χ0n) is 11.7. The Balaban J connectivity index is 2.22. The second-order valence-corrected chi connectivity index (χ2v) is 6.77. The molecule has 0 aliphatic heterocycles. The molecule has 2 aromatic carbocycles. The van der Waals surface area contributed by atoms with E-state index in [0.717, 1.165) is 4.90 Å². The molecule has 2 nitrogen and oxygen atoms in total. The van der Waals surface area contributed by atoms with Crippen molar-refractivity contribution in [3.63, 3.8) is 0 Å². The molecule has 0 atom stereocenters. The lowest BCUT2D eigenvalue weighted by Gasteiger charge is -2.11. The van der Waals surface area contributed by atoms with E-state index in [0.29, 0.717) is 16.5 Å². The molecule has 2 rings (SSSR count). The predicted molar refractivity (Wildman–Crippen MR) is 86.8 cm³/mol. The monoisotopic (exact) mass is 323 g/mol. The highest BCUT2D eigenvalue weighted by molar-refractivity contribution is 8.00. The third kappa shape index (κ3) is 4.22. The van der Waals surface area contributed by atoms with E-state index in [2.05, 4.69) is 19.2 Å². The van der Waals surface area contributed by atoms with Gasteiger partial charge in [0.2, 0.25) is 0 Å². The lowest BCUT2D eigenvalue weighted by atomic mass is 10.2. The number of hydrogen-bond donors (Lipinski definition) is 1. The first-order valence-corrected chi connectivity index (χ1v) is 7.75. The highest BCUT2D eigenvalue weighted by Gasteiger charge is 2.13. The summed E-state index contributed by atoms with van der Waals surface area (Å²) in [4.78, 5) is 13.3. The Morgan fingerprint density at radius 2 is 1.95 bits per heavy atom. The Morgan fingerprint density at radius 3 is 2.62 bits per heavy atom. The van der Waals surface area contributed by atoms with Crippen molar-refractivity contribution in [2.24, 2.45) is 0 Å². The summed E-state index contributed by atoms with van der Waals surface area (Å²) < 4.78 is 13.1. The normalized spacial score (nSPS) is 10.7. The van der Waals surface area contributed by atoms with Gasteiger partial charge in [0, 0.05) is 15.8 Å². The molecule has 0 saturated heterocycles. The van der Waals surface area contributed by atoms with Gasteiger partial charge in [0.1, 0.15) is 5.82 Å². The van der Waals surface area contributed by atoms with Crippen molar-refractivity contribution in [1.29, 1.82) is 0 Å². The van der Waals surface area contributed by atoms with Gasteiger partial charge in [0.05, 0.1) is 10.6 Å². The van der Waals surface area contributed by atoms with E-state index >= 15 is 0 Å². The van der Waals surface area contributed by atoms with Gasteiger partial charge >= 0.3 is 0 Å². The second kappa shape index (κ2) is 6.96. The molecular weight excluding hydrogens is 309 g/mol. The fourth-order valence-corrected chi connectivity index (χ4v) is 2.92. The molecule has 0 heterocycles. The largest absolute Gasteiger partial charge is 0.322 e. The van der Waals surface area contributed by atoms with Crippen LogP contribution in [0.25, 0.3) is 0 Å². The molecule has 0 radical (unpaired) electrons. The minimum absolute atomic E-state index is 0.0161. The fourth-order valence-electron chi connectivity index (χ4n) is 1.78. The summed E-state index contributed by atoms with van der Waals surface area (Å²) in [5.41, 5.74) is 1.06. The fraction of sp³-hybridized carbons (Fsp3) is 0.188. The summed E-state index contributed by atoms with van der Waals surface area (Å²) in [6.07, 6.45) is 0. The van der Waals surface area contributed by atoms with Crippen LogP contribution < -0.4 is 5.32 Å². The van der Waals surface area contributed by atoms with E-state index in [-0.39, 0.29) is 10.9 Å². The van der Waals surface area contributed by atoms with Crippen molar-refractivity contribution in [1.82, 2.24) is 0 Å². The van der Waals surface area contributed by atoms with Crippen molar-refractivity contribution in [3.05, 3.63) is 58.9 Å². The standard InChI is InChI=1S/C16H15ClFNOS/c1-10(2)21-15-6-4-3-5-12(15)16(20)19-11-7-8-14(18)13(17)9-11/h3-10H,1-2H3,(H,19,20). The van der Waals surface area contributed by atoms with Crippen LogP contribution >= 0.6 is 23.4 Å². The van der Waals surface area contributed by atoms with Gasteiger partial charge in [-0.05, 0) is 30.3 Å². The van der Waals surface area contributed by atoms with Crippen LogP contribution in [0.3, 0.4) is 0 Å². The molecule has 110 valence electrons. The molecule has 0 aromatic heterocycles. The van der Waals surface area contributed by atoms with E-state index in [4.69, 9.17) is 11.6 Å². The van der Waals surface area contributed by atoms with Crippen molar-refractivity contribution < 1.29 is 9.18 Å². The summed E-state index contributed by atoms with van der Waals surface area (Å²) in [6.45, 7) is 4.14. The number of anilines is 1. The SMILES string of the molecule is CC(C)Sc1ccccc1C(=O)Nc1ccc(F)c(Cl)c1. The van der Waals surface area contributed by atoms with Crippen molar-refractivity contribution in [2.45, 2.75) is 24.0 Å². The van der Waals surface area contributed by atoms with Gasteiger partial charge in [-0.2, -0.15) is 0 Å². The molecule has 1 N–H and O–H groups in total. The van der Waals surface area contributed by atoms with Crippen LogP contribution in [-0.2, 0) is 0 Å². The third-order valence-corrected chi connectivity index (χ3v) is 4.04. The molecule has 5 heteroatoms. The number of thioether (sulfide) groups is 1. The van der Waals surface area contributed by atoms with Crippen LogP contribution in [0.15, 0.2) is 47.4 Å². The van der Waals surface area contributed by atoms with Crippen LogP contribution in [-0.4, -0.2) is 11.2 Å². The molecule has 0 aliphatic rings. The van der Waals surface area contributed by atoms with Gasteiger partial charge in [0.15, 0.2) is 0 Å². The molecule has 0 unspecified atom stereocenters. The first-order chi connectivity index (χ1) is 9.97. The quantitative estimate of drug-likeness (QED) is 0.780. The van der Waals surface area contributed by atoms with Gasteiger partial charge in [0.25, 0.3) is 5.91 Å². The summed E-state index contributed by atoms with van der Waals surface area (Å²) in [5, 5.41) is 3.09. The number of nitrogens with one attached hydrogen (secondary N) is 1. The topological polar surface area (TPSA) is 29.1 Å². The lowest BCUT2D eigenvalue weighted by molar-refractivity contribution is 0.102. The molecule has 0 saturated carbocycles. The number of halogens is 2. The average molecular weight is 324 g/mol. The van der Waals surface area contributed by atoms with Gasteiger partial charge in [-0.25, -0.2) is 4.39 Å². The Labute approximate surface area is 132 Å². The number of amides is 1. The van der Waals surface area contributed by atoms with E-state index in [1.807, 2.05) is 18.2 Å². The van der Waals surface area contributed by atoms with Crippen molar-refractivity contribution in [2.75, 3.05) is 5.32 Å². The van der Waals surface area contributed by atoms with E-state index in [1.165, 1.54) is 18.2 Å². The minimum Gasteiger partial charge on any atom is -0.322 e. The van der Waals surface area contributed by atoms with Crippen LogP contribution in [0.5, 0.6) is 0 Å². The van der Waals surface area contributed by atoms with E-state index < -0.39 is 5.82 Å². The Morgan fingerprint density at radius 1 is 1.24 bits per heavy atom. The average Bonchev–Trinajstić information content (AvgIpc) is 2.43. The van der Waals surface area contributed by atoms with Gasteiger partial charge in [-0.3, -0.25) is 4.79 Å². The van der Waals surface area contributed by atoms with E-state index in [9.17, 15) is 9.18 Å². The smallest absolute Gasteiger partial charge is 0.256 e. The number of carbonyl (C=O) groups is 1. The first-order valence-electron chi connectivity index (χ1n) is 6.49.